The molecule has 0 atom stereocenters. The van der Waals surface area contributed by atoms with Crippen molar-refractivity contribution in [2.75, 3.05) is 5.43 Å². The predicted octanol–water partition coefficient (Wildman–Crippen LogP) is 3.81. The van der Waals surface area contributed by atoms with Crippen molar-refractivity contribution in [3.8, 4) is 35.0 Å². The van der Waals surface area contributed by atoms with Gasteiger partial charge in [-0.05, 0) is 35.9 Å². The lowest BCUT2D eigenvalue weighted by molar-refractivity contribution is 0.463. The van der Waals surface area contributed by atoms with E-state index in [1.165, 1.54) is 6.20 Å². The second-order valence-corrected chi connectivity index (χ2v) is 6.65. The van der Waals surface area contributed by atoms with Crippen molar-refractivity contribution in [1.82, 2.24) is 15.0 Å². The first-order valence-electron chi connectivity index (χ1n) is 9.69. The Kier molecular flexibility index (Phi) is 6.15. The largest absolute Gasteiger partial charge is 0.439 e. The predicted molar refractivity (Wildman–Crippen MR) is 122 cm³/mol. The summed E-state index contributed by atoms with van der Waals surface area (Å²) in [6.45, 7) is 0. The Labute approximate surface area is 188 Å². The minimum atomic E-state index is -0.554. The zero-order valence-electron chi connectivity index (χ0n) is 17.1. The van der Waals surface area contributed by atoms with Crippen molar-refractivity contribution in [2.24, 2.45) is 5.10 Å². The molecule has 2 aromatic heterocycles. The van der Waals surface area contributed by atoms with E-state index in [-0.39, 0.29) is 17.2 Å². The molecule has 33 heavy (non-hydrogen) atoms. The lowest BCUT2D eigenvalue weighted by atomic mass is 10.1. The molecule has 158 valence electrons. The second kappa shape index (κ2) is 9.69. The highest BCUT2D eigenvalue weighted by molar-refractivity contribution is 5.80. The summed E-state index contributed by atoms with van der Waals surface area (Å²) in [7, 11) is 0. The molecule has 0 aliphatic carbocycles. The topological polar surface area (TPSA) is 140 Å². The maximum Gasteiger partial charge on any atom is 0.270 e. The first kappa shape index (κ1) is 21.0. The number of ether oxygens (including phenoxy) is 1. The highest BCUT2D eigenvalue weighted by Crippen LogP contribution is 2.20. The summed E-state index contributed by atoms with van der Waals surface area (Å²) in [5.74, 6) is 1.06. The van der Waals surface area contributed by atoms with Gasteiger partial charge in [0.25, 0.3) is 5.56 Å². The third-order valence-electron chi connectivity index (χ3n) is 4.43. The molecule has 0 spiro atoms. The van der Waals surface area contributed by atoms with Crippen LogP contribution in [0, 0.1) is 22.7 Å². The van der Waals surface area contributed by atoms with Crippen LogP contribution in [0.25, 0.3) is 11.3 Å². The van der Waals surface area contributed by atoms with Crippen LogP contribution in [-0.4, -0.2) is 21.2 Å². The number of H-pyrrole nitrogens is 1. The molecule has 2 N–H and O–H groups in total. The van der Waals surface area contributed by atoms with E-state index >= 15 is 0 Å². The first-order valence-corrected chi connectivity index (χ1v) is 9.69. The molecule has 9 heteroatoms. The number of hydrogen-bond donors (Lipinski definition) is 2. The van der Waals surface area contributed by atoms with Crippen LogP contribution < -0.4 is 15.7 Å². The van der Waals surface area contributed by atoms with E-state index in [4.69, 9.17) is 10.00 Å². The van der Waals surface area contributed by atoms with Crippen LogP contribution in [0.2, 0.25) is 0 Å². The third-order valence-corrected chi connectivity index (χ3v) is 4.43. The van der Waals surface area contributed by atoms with E-state index in [0.29, 0.717) is 22.8 Å². The Balaban J connectivity index is 1.46. The fourth-order valence-electron chi connectivity index (χ4n) is 2.85. The molecule has 2 aromatic carbocycles. The van der Waals surface area contributed by atoms with E-state index in [0.717, 1.165) is 5.56 Å². The molecule has 2 heterocycles. The number of nitriles is 2. The van der Waals surface area contributed by atoms with Gasteiger partial charge in [0.05, 0.1) is 17.5 Å². The summed E-state index contributed by atoms with van der Waals surface area (Å²) in [4.78, 5) is 23.2. The van der Waals surface area contributed by atoms with Gasteiger partial charge in [0.15, 0.2) is 0 Å². The standard InChI is InChI=1S/C24H15N7O2/c25-12-17-8-11-21(27-14-17)33-19-9-6-16(7-10-19)15-28-31-24-29-22(18-4-2-1-3-5-18)20(13-26)23(32)30-24/h1-11,14-15H,(H2,29,30,31,32). The number of pyridine rings is 1. The molecule has 0 aliphatic heterocycles. The number of rotatable bonds is 6. The number of nitrogens with zero attached hydrogens (tertiary/aromatic N) is 5. The average Bonchev–Trinajstić information content (AvgIpc) is 2.86. The molecular weight excluding hydrogens is 418 g/mol. The monoisotopic (exact) mass is 433 g/mol. The molecule has 0 amide bonds. The van der Waals surface area contributed by atoms with Gasteiger partial charge >= 0.3 is 0 Å². The molecule has 0 bridgehead atoms. The fraction of sp³-hybridized carbons (Fsp3) is 0. The number of nitrogens with one attached hydrogen (secondary N) is 2. The second-order valence-electron chi connectivity index (χ2n) is 6.65. The van der Waals surface area contributed by atoms with Crippen LogP contribution in [0.5, 0.6) is 11.6 Å². The molecule has 4 aromatic rings. The van der Waals surface area contributed by atoms with Crippen LogP contribution in [0.1, 0.15) is 16.7 Å². The molecule has 9 nitrogen and oxygen atoms in total. The fourth-order valence-corrected chi connectivity index (χ4v) is 2.85. The Hall–Kier alpha value is -5.28. The number of benzene rings is 2. The molecule has 0 fully saturated rings. The summed E-state index contributed by atoms with van der Waals surface area (Å²) < 4.78 is 5.64. The van der Waals surface area contributed by atoms with E-state index in [1.54, 1.807) is 66.9 Å². The minimum Gasteiger partial charge on any atom is -0.439 e. The Morgan fingerprint density at radius 1 is 1.00 bits per heavy atom. The summed E-state index contributed by atoms with van der Waals surface area (Å²) >= 11 is 0. The first-order chi connectivity index (χ1) is 16.2. The van der Waals surface area contributed by atoms with Crippen molar-refractivity contribution >= 4 is 12.2 Å². The molecule has 4 rings (SSSR count). The van der Waals surface area contributed by atoms with Gasteiger partial charge in [-0.1, -0.05) is 30.3 Å². The Morgan fingerprint density at radius 2 is 1.79 bits per heavy atom. The van der Waals surface area contributed by atoms with E-state index in [1.807, 2.05) is 18.2 Å². The van der Waals surface area contributed by atoms with Gasteiger partial charge in [-0.25, -0.2) is 15.4 Å². The molecule has 0 aliphatic rings. The quantitative estimate of drug-likeness (QED) is 0.348. The van der Waals surface area contributed by atoms with Gasteiger partial charge in [-0.15, -0.1) is 0 Å². The van der Waals surface area contributed by atoms with Crippen LogP contribution in [0.4, 0.5) is 5.95 Å². The van der Waals surface area contributed by atoms with Crippen LogP contribution in [0.15, 0.2) is 82.8 Å². The maximum absolute atomic E-state index is 12.3. The molecule has 0 saturated carbocycles. The van der Waals surface area contributed by atoms with Gasteiger partial charge in [0, 0.05) is 17.8 Å². The third kappa shape index (κ3) is 5.08. The smallest absolute Gasteiger partial charge is 0.270 e. The zero-order chi connectivity index (χ0) is 23.0. The molecule has 0 saturated heterocycles. The van der Waals surface area contributed by atoms with Crippen molar-refractivity contribution in [3.63, 3.8) is 0 Å². The highest BCUT2D eigenvalue weighted by Gasteiger charge is 2.12. The Bertz CT molecular complexity index is 1430. The van der Waals surface area contributed by atoms with Crippen LogP contribution in [0.3, 0.4) is 0 Å². The van der Waals surface area contributed by atoms with Crippen molar-refractivity contribution in [2.45, 2.75) is 0 Å². The van der Waals surface area contributed by atoms with Gasteiger partial charge in [0.2, 0.25) is 11.8 Å². The van der Waals surface area contributed by atoms with Crippen molar-refractivity contribution in [3.05, 3.63) is 100.0 Å². The number of hydrazone groups is 1. The summed E-state index contributed by atoms with van der Waals surface area (Å²) in [6, 6.07) is 23.2. The molecular formula is C24H15N7O2. The van der Waals surface area contributed by atoms with Gasteiger partial charge in [-0.3, -0.25) is 9.78 Å². The maximum atomic E-state index is 12.3. The molecule has 0 radical (unpaired) electrons. The number of hydrogen-bond acceptors (Lipinski definition) is 8. The number of aromatic amines is 1. The highest BCUT2D eigenvalue weighted by atomic mass is 16.5. The summed E-state index contributed by atoms with van der Waals surface area (Å²) in [5, 5.41) is 22.2. The minimum absolute atomic E-state index is 0.0666. The normalized spacial score (nSPS) is 10.4. The Morgan fingerprint density at radius 3 is 2.45 bits per heavy atom. The van der Waals surface area contributed by atoms with Gasteiger partial charge in [0.1, 0.15) is 23.5 Å². The average molecular weight is 433 g/mol. The zero-order valence-corrected chi connectivity index (χ0v) is 17.1. The van der Waals surface area contributed by atoms with E-state index in [9.17, 15) is 10.1 Å². The van der Waals surface area contributed by atoms with Gasteiger partial charge in [-0.2, -0.15) is 15.6 Å². The lowest BCUT2D eigenvalue weighted by Gasteiger charge is -2.06. The SMILES string of the molecule is N#Cc1ccc(Oc2ccc(C=NNc3nc(-c4ccccc4)c(C#N)c(=O)[nH]3)cc2)nc1. The number of anilines is 1. The van der Waals surface area contributed by atoms with Crippen molar-refractivity contribution in [1.29, 1.82) is 10.5 Å². The van der Waals surface area contributed by atoms with Crippen molar-refractivity contribution < 1.29 is 4.74 Å². The summed E-state index contributed by atoms with van der Waals surface area (Å²) in [6.07, 6.45) is 2.98. The van der Waals surface area contributed by atoms with E-state index in [2.05, 4.69) is 25.5 Å². The van der Waals surface area contributed by atoms with Crippen LogP contribution in [-0.2, 0) is 0 Å². The van der Waals surface area contributed by atoms with Gasteiger partial charge < -0.3 is 4.74 Å². The lowest BCUT2D eigenvalue weighted by Crippen LogP contribution is -2.16. The summed E-state index contributed by atoms with van der Waals surface area (Å²) in [5.41, 5.74) is 4.21. The number of aromatic nitrogens is 3. The molecule has 0 unspecified atom stereocenters. The van der Waals surface area contributed by atoms with Crippen LogP contribution >= 0.6 is 0 Å². The van der Waals surface area contributed by atoms with E-state index < -0.39 is 5.56 Å².